The zero-order chi connectivity index (χ0) is 15.1. The number of nitrogens with zero attached hydrogens (tertiary/aromatic N) is 4. The van der Waals surface area contributed by atoms with Crippen molar-refractivity contribution >= 4 is 21.6 Å². The SMILES string of the molecule is Cn1cc(-c2ccnc3ccsc23)c(-c2ccc(F)cn2)n1. The lowest BCUT2D eigenvalue weighted by Gasteiger charge is -2.03. The van der Waals surface area contributed by atoms with Crippen LogP contribution in [0.1, 0.15) is 0 Å². The Morgan fingerprint density at radius 2 is 2.00 bits per heavy atom. The lowest BCUT2D eigenvalue weighted by molar-refractivity contribution is 0.621. The highest BCUT2D eigenvalue weighted by Crippen LogP contribution is 2.36. The van der Waals surface area contributed by atoms with Crippen LogP contribution in [0.3, 0.4) is 0 Å². The van der Waals surface area contributed by atoms with Crippen molar-refractivity contribution in [2.45, 2.75) is 0 Å². The van der Waals surface area contributed by atoms with Gasteiger partial charge in [-0.1, -0.05) is 0 Å². The number of halogens is 1. The second kappa shape index (κ2) is 4.99. The average Bonchev–Trinajstić information content (AvgIpc) is 3.14. The van der Waals surface area contributed by atoms with Crippen LogP contribution in [-0.4, -0.2) is 19.7 Å². The van der Waals surface area contributed by atoms with Crippen molar-refractivity contribution in [2.75, 3.05) is 0 Å². The van der Waals surface area contributed by atoms with Gasteiger partial charge in [0.25, 0.3) is 0 Å². The molecule has 0 saturated heterocycles. The first-order valence-electron chi connectivity index (χ1n) is 6.70. The van der Waals surface area contributed by atoms with Gasteiger partial charge in [0.15, 0.2) is 0 Å². The summed E-state index contributed by atoms with van der Waals surface area (Å²) < 4.78 is 16.0. The summed E-state index contributed by atoms with van der Waals surface area (Å²) in [6.45, 7) is 0. The Morgan fingerprint density at radius 3 is 2.82 bits per heavy atom. The maximum Gasteiger partial charge on any atom is 0.141 e. The molecule has 0 atom stereocenters. The van der Waals surface area contributed by atoms with Crippen molar-refractivity contribution in [1.29, 1.82) is 0 Å². The maximum absolute atomic E-state index is 13.1. The number of fused-ring (bicyclic) bond motifs is 1. The van der Waals surface area contributed by atoms with E-state index in [1.165, 1.54) is 12.3 Å². The Labute approximate surface area is 129 Å². The topological polar surface area (TPSA) is 43.6 Å². The monoisotopic (exact) mass is 310 g/mol. The molecule has 4 aromatic heterocycles. The van der Waals surface area contributed by atoms with Crippen molar-refractivity contribution in [3.8, 4) is 22.5 Å². The summed E-state index contributed by atoms with van der Waals surface area (Å²) in [5, 5.41) is 6.52. The molecule has 0 aromatic carbocycles. The van der Waals surface area contributed by atoms with Gasteiger partial charge in [0, 0.05) is 30.6 Å². The van der Waals surface area contributed by atoms with Crippen LogP contribution in [0.5, 0.6) is 0 Å². The molecule has 4 aromatic rings. The largest absolute Gasteiger partial charge is 0.274 e. The molecule has 4 nitrogen and oxygen atoms in total. The maximum atomic E-state index is 13.1. The second-order valence-electron chi connectivity index (χ2n) is 4.92. The van der Waals surface area contributed by atoms with Crippen LogP contribution in [0.15, 0.2) is 48.2 Å². The van der Waals surface area contributed by atoms with Crippen molar-refractivity contribution in [2.24, 2.45) is 7.05 Å². The zero-order valence-corrected chi connectivity index (χ0v) is 12.5. The van der Waals surface area contributed by atoms with Gasteiger partial charge in [-0.15, -0.1) is 11.3 Å². The summed E-state index contributed by atoms with van der Waals surface area (Å²) in [6.07, 6.45) is 4.95. The van der Waals surface area contributed by atoms with Crippen molar-refractivity contribution < 1.29 is 4.39 Å². The summed E-state index contributed by atoms with van der Waals surface area (Å²) in [5.41, 5.74) is 4.39. The molecule has 0 aliphatic heterocycles. The fraction of sp³-hybridized carbons (Fsp3) is 0.0625. The van der Waals surface area contributed by atoms with Crippen LogP contribution >= 0.6 is 11.3 Å². The van der Waals surface area contributed by atoms with Gasteiger partial charge in [-0.3, -0.25) is 14.6 Å². The molecule has 0 amide bonds. The Kier molecular flexibility index (Phi) is 2.97. The first-order chi connectivity index (χ1) is 10.7. The van der Waals surface area contributed by atoms with Crippen molar-refractivity contribution in [1.82, 2.24) is 19.7 Å². The molecule has 0 aliphatic carbocycles. The van der Waals surface area contributed by atoms with E-state index in [0.717, 1.165) is 27.0 Å². The summed E-state index contributed by atoms with van der Waals surface area (Å²) >= 11 is 1.64. The molecule has 108 valence electrons. The van der Waals surface area contributed by atoms with Crippen molar-refractivity contribution in [3.05, 3.63) is 54.1 Å². The predicted molar refractivity (Wildman–Crippen MR) is 85.0 cm³/mol. The number of aromatic nitrogens is 4. The zero-order valence-electron chi connectivity index (χ0n) is 11.7. The minimum atomic E-state index is -0.356. The van der Waals surface area contributed by atoms with Gasteiger partial charge >= 0.3 is 0 Å². The van der Waals surface area contributed by atoms with Crippen LogP contribution in [0, 0.1) is 5.82 Å². The van der Waals surface area contributed by atoms with Crippen molar-refractivity contribution in [3.63, 3.8) is 0 Å². The fourth-order valence-electron chi connectivity index (χ4n) is 2.48. The van der Waals surface area contributed by atoms with E-state index >= 15 is 0 Å². The van der Waals surface area contributed by atoms with E-state index < -0.39 is 0 Å². The van der Waals surface area contributed by atoms with Gasteiger partial charge in [0.05, 0.1) is 22.1 Å². The third-order valence-corrected chi connectivity index (χ3v) is 4.37. The van der Waals surface area contributed by atoms with Gasteiger partial charge < -0.3 is 0 Å². The Balaban J connectivity index is 1.96. The molecule has 0 bridgehead atoms. The second-order valence-corrected chi connectivity index (χ2v) is 5.84. The first-order valence-corrected chi connectivity index (χ1v) is 7.58. The highest BCUT2D eigenvalue weighted by Gasteiger charge is 2.16. The van der Waals surface area contributed by atoms with Crippen LogP contribution in [0.2, 0.25) is 0 Å². The van der Waals surface area contributed by atoms with Gasteiger partial charge in [-0.2, -0.15) is 5.10 Å². The quantitative estimate of drug-likeness (QED) is 0.564. The number of aryl methyl sites for hydroxylation is 1. The molecule has 0 aliphatic rings. The average molecular weight is 310 g/mol. The molecular formula is C16H11FN4S. The molecule has 0 spiro atoms. The van der Waals surface area contributed by atoms with E-state index in [1.54, 1.807) is 28.3 Å². The van der Waals surface area contributed by atoms with E-state index in [1.807, 2.05) is 30.8 Å². The van der Waals surface area contributed by atoms with Gasteiger partial charge in [-0.25, -0.2) is 4.39 Å². The molecule has 0 unspecified atom stereocenters. The molecule has 4 heterocycles. The number of hydrogen-bond acceptors (Lipinski definition) is 4. The number of hydrogen-bond donors (Lipinski definition) is 0. The van der Waals surface area contributed by atoms with Gasteiger partial charge in [0.2, 0.25) is 0 Å². The summed E-state index contributed by atoms with van der Waals surface area (Å²) in [4.78, 5) is 8.52. The summed E-state index contributed by atoms with van der Waals surface area (Å²) in [7, 11) is 1.86. The standard InChI is InChI=1S/C16H11FN4S/c1-21-9-12(11-4-6-18-14-5-7-22-16(11)14)15(20-21)13-3-2-10(17)8-19-13/h2-9H,1H3. The predicted octanol–water partition coefficient (Wildman–Crippen LogP) is 3.90. The van der Waals surface area contributed by atoms with Gasteiger partial charge in [-0.05, 0) is 29.6 Å². The first kappa shape index (κ1) is 13.1. The number of pyridine rings is 2. The summed E-state index contributed by atoms with van der Waals surface area (Å²) in [5.74, 6) is -0.356. The van der Waals surface area contributed by atoms with E-state index in [2.05, 4.69) is 15.1 Å². The molecular weight excluding hydrogens is 299 g/mol. The Morgan fingerprint density at radius 1 is 1.09 bits per heavy atom. The lowest BCUT2D eigenvalue weighted by Crippen LogP contribution is -1.90. The minimum Gasteiger partial charge on any atom is -0.274 e. The van der Waals surface area contributed by atoms with Crippen LogP contribution in [-0.2, 0) is 7.05 Å². The molecule has 6 heteroatoms. The smallest absolute Gasteiger partial charge is 0.141 e. The highest BCUT2D eigenvalue weighted by atomic mass is 32.1. The molecule has 22 heavy (non-hydrogen) atoms. The number of rotatable bonds is 2. The Hall–Kier alpha value is -2.60. The Bertz CT molecular complexity index is 956. The molecule has 4 rings (SSSR count). The molecule has 0 N–H and O–H groups in total. The minimum absolute atomic E-state index is 0.356. The lowest BCUT2D eigenvalue weighted by atomic mass is 10.1. The van der Waals surface area contributed by atoms with E-state index in [0.29, 0.717) is 5.69 Å². The third kappa shape index (κ3) is 2.08. The number of thiophene rings is 1. The molecule has 0 radical (unpaired) electrons. The van der Waals surface area contributed by atoms with E-state index in [-0.39, 0.29) is 5.82 Å². The molecule has 0 fully saturated rings. The van der Waals surface area contributed by atoms with Crippen LogP contribution in [0.25, 0.3) is 32.7 Å². The van der Waals surface area contributed by atoms with Gasteiger partial charge in [0.1, 0.15) is 11.5 Å². The molecule has 0 saturated carbocycles. The highest BCUT2D eigenvalue weighted by molar-refractivity contribution is 7.17. The third-order valence-electron chi connectivity index (χ3n) is 3.43. The summed E-state index contributed by atoms with van der Waals surface area (Å²) in [6, 6.07) is 7.01. The van der Waals surface area contributed by atoms with E-state index in [9.17, 15) is 4.39 Å². The van der Waals surface area contributed by atoms with Crippen LogP contribution < -0.4 is 0 Å². The fourth-order valence-corrected chi connectivity index (χ4v) is 3.36. The van der Waals surface area contributed by atoms with Crippen LogP contribution in [0.4, 0.5) is 4.39 Å². The van der Waals surface area contributed by atoms with E-state index in [4.69, 9.17) is 0 Å². The normalized spacial score (nSPS) is 11.2.